The average molecular weight is 409 g/mol. The molecular weight excluding hydrogens is 376 g/mol. The van der Waals surface area contributed by atoms with Gasteiger partial charge >= 0.3 is 0 Å². The number of carbonyl (C=O) groups excluding carboxylic acids is 2. The number of rotatable bonds is 15. The van der Waals surface area contributed by atoms with Gasteiger partial charge in [-0.3, -0.25) is 4.79 Å². The van der Waals surface area contributed by atoms with Crippen molar-refractivity contribution >= 4 is 12.1 Å². The predicted octanol–water partition coefficient (Wildman–Crippen LogP) is 5.31. The van der Waals surface area contributed by atoms with Crippen molar-refractivity contribution in [2.24, 2.45) is 5.41 Å². The third-order valence-corrected chi connectivity index (χ3v) is 5.03. The molecule has 0 radical (unpaired) electrons. The smallest absolute Gasteiger partial charge is 0.152 e. The first-order chi connectivity index (χ1) is 14.6. The molecule has 30 heavy (non-hydrogen) atoms. The molecule has 0 saturated carbocycles. The monoisotopic (exact) mass is 408 g/mol. The van der Waals surface area contributed by atoms with Gasteiger partial charge in [0.05, 0.1) is 26.4 Å². The summed E-state index contributed by atoms with van der Waals surface area (Å²) in [6.07, 6.45) is 7.12. The fourth-order valence-electron chi connectivity index (χ4n) is 3.38. The van der Waals surface area contributed by atoms with Crippen LogP contribution in [0.2, 0.25) is 0 Å². The molecular formula is C26H32O4. The van der Waals surface area contributed by atoms with Crippen LogP contribution in [0.15, 0.2) is 72.8 Å². The summed E-state index contributed by atoms with van der Waals surface area (Å²) in [5.74, 6) is 0.0362. The zero-order valence-electron chi connectivity index (χ0n) is 17.8. The van der Waals surface area contributed by atoms with Crippen LogP contribution in [0.25, 0.3) is 0 Å². The maximum Gasteiger partial charge on any atom is 0.152 e. The highest BCUT2D eigenvalue weighted by Gasteiger charge is 2.30. The zero-order valence-corrected chi connectivity index (χ0v) is 17.8. The molecule has 0 unspecified atom stereocenters. The van der Waals surface area contributed by atoms with Crippen LogP contribution in [0, 0.1) is 5.41 Å². The first-order valence-corrected chi connectivity index (χ1v) is 10.5. The van der Waals surface area contributed by atoms with Crippen molar-refractivity contribution in [2.45, 2.75) is 45.8 Å². The van der Waals surface area contributed by atoms with Gasteiger partial charge in [-0.1, -0.05) is 66.7 Å². The normalized spacial score (nSPS) is 11.6. The van der Waals surface area contributed by atoms with Crippen LogP contribution >= 0.6 is 0 Å². The van der Waals surface area contributed by atoms with E-state index in [2.05, 4.69) is 0 Å². The summed E-state index contributed by atoms with van der Waals surface area (Å²) in [7, 11) is 0. The number of aldehydes is 1. The Bertz CT molecular complexity index is 723. The van der Waals surface area contributed by atoms with Crippen molar-refractivity contribution in [3.63, 3.8) is 0 Å². The van der Waals surface area contributed by atoms with Gasteiger partial charge in [-0.05, 0) is 43.4 Å². The van der Waals surface area contributed by atoms with Crippen LogP contribution < -0.4 is 0 Å². The number of benzene rings is 2. The Labute approximate surface area is 179 Å². The summed E-state index contributed by atoms with van der Waals surface area (Å²) in [4.78, 5) is 22.3. The van der Waals surface area contributed by atoms with E-state index >= 15 is 0 Å². The molecule has 2 rings (SSSR count). The average Bonchev–Trinajstić information content (AvgIpc) is 2.76. The molecule has 4 nitrogen and oxygen atoms in total. The molecule has 0 N–H and O–H groups in total. The molecule has 0 heterocycles. The molecule has 160 valence electrons. The summed E-state index contributed by atoms with van der Waals surface area (Å²) in [5.41, 5.74) is 1.94. The summed E-state index contributed by atoms with van der Waals surface area (Å²) < 4.78 is 12.2. The van der Waals surface area contributed by atoms with Gasteiger partial charge < -0.3 is 14.3 Å². The lowest BCUT2D eigenvalue weighted by atomic mass is 9.80. The summed E-state index contributed by atoms with van der Waals surface area (Å²) in [6.45, 7) is 3.58. The molecule has 0 spiro atoms. The minimum atomic E-state index is -0.286. The second-order valence-corrected chi connectivity index (χ2v) is 7.71. The SMILES string of the molecule is CC(=O)/C=C/CCC(CCC=O)(COCc1ccccc1)COCc1ccccc1. The Morgan fingerprint density at radius 1 is 0.833 bits per heavy atom. The van der Waals surface area contributed by atoms with Crippen molar-refractivity contribution in [1.29, 1.82) is 0 Å². The number of hydrogen-bond acceptors (Lipinski definition) is 4. The molecule has 0 aromatic heterocycles. The summed E-state index contributed by atoms with van der Waals surface area (Å²) >= 11 is 0. The van der Waals surface area contributed by atoms with E-state index in [0.29, 0.717) is 39.3 Å². The van der Waals surface area contributed by atoms with Crippen molar-refractivity contribution in [1.82, 2.24) is 0 Å². The first kappa shape index (κ1) is 23.7. The van der Waals surface area contributed by atoms with Crippen LogP contribution in [-0.2, 0) is 32.3 Å². The molecule has 0 aliphatic carbocycles. The van der Waals surface area contributed by atoms with Gasteiger partial charge in [-0.15, -0.1) is 0 Å². The van der Waals surface area contributed by atoms with Crippen LogP contribution in [-0.4, -0.2) is 25.3 Å². The Hall–Kier alpha value is -2.56. The van der Waals surface area contributed by atoms with Crippen molar-refractivity contribution < 1.29 is 19.1 Å². The molecule has 0 aliphatic rings. The van der Waals surface area contributed by atoms with Crippen molar-refractivity contribution in [2.75, 3.05) is 13.2 Å². The van der Waals surface area contributed by atoms with Gasteiger partial charge in [0.2, 0.25) is 0 Å². The Kier molecular flexibility index (Phi) is 10.8. The molecule has 2 aromatic carbocycles. The third kappa shape index (κ3) is 9.29. The van der Waals surface area contributed by atoms with Gasteiger partial charge in [0.1, 0.15) is 6.29 Å². The van der Waals surface area contributed by atoms with Gasteiger partial charge in [-0.25, -0.2) is 0 Å². The number of hydrogen-bond donors (Lipinski definition) is 0. The van der Waals surface area contributed by atoms with Crippen molar-refractivity contribution in [3.05, 3.63) is 83.9 Å². The number of ketones is 1. The number of allylic oxidation sites excluding steroid dienone is 2. The summed E-state index contributed by atoms with van der Waals surface area (Å²) in [5, 5.41) is 0. The van der Waals surface area contributed by atoms with E-state index in [1.54, 1.807) is 13.0 Å². The quantitative estimate of drug-likeness (QED) is 0.296. The van der Waals surface area contributed by atoms with E-state index in [1.165, 1.54) is 0 Å². The van der Waals surface area contributed by atoms with Crippen LogP contribution in [0.3, 0.4) is 0 Å². The molecule has 0 aliphatic heterocycles. The van der Waals surface area contributed by atoms with Crippen LogP contribution in [0.5, 0.6) is 0 Å². The molecule has 0 fully saturated rings. The van der Waals surface area contributed by atoms with Gasteiger partial charge in [-0.2, -0.15) is 0 Å². The number of ether oxygens (including phenoxy) is 2. The lowest BCUT2D eigenvalue weighted by molar-refractivity contribution is -0.112. The highest BCUT2D eigenvalue weighted by Crippen LogP contribution is 2.32. The van der Waals surface area contributed by atoms with E-state index < -0.39 is 0 Å². The minimum Gasteiger partial charge on any atom is -0.376 e. The second kappa shape index (κ2) is 13.6. The van der Waals surface area contributed by atoms with E-state index in [0.717, 1.165) is 30.3 Å². The topological polar surface area (TPSA) is 52.6 Å². The van der Waals surface area contributed by atoms with Gasteiger partial charge in [0.15, 0.2) is 5.78 Å². The van der Waals surface area contributed by atoms with Crippen molar-refractivity contribution in [3.8, 4) is 0 Å². The Balaban J connectivity index is 2.03. The molecule has 2 aromatic rings. The van der Waals surface area contributed by atoms with Crippen LogP contribution in [0.4, 0.5) is 0 Å². The Morgan fingerprint density at radius 3 is 1.80 bits per heavy atom. The molecule has 4 heteroatoms. The Morgan fingerprint density at radius 2 is 1.33 bits per heavy atom. The van der Waals surface area contributed by atoms with E-state index in [9.17, 15) is 9.59 Å². The molecule has 0 amide bonds. The van der Waals surface area contributed by atoms with E-state index in [1.807, 2.05) is 66.7 Å². The fourth-order valence-corrected chi connectivity index (χ4v) is 3.38. The maximum atomic E-state index is 11.2. The number of carbonyl (C=O) groups is 2. The standard InChI is InChI=1S/C26H32O4/c1-23(28)11-8-9-16-26(17-10-18-27,21-29-19-24-12-4-2-5-13-24)22-30-20-25-14-6-3-7-15-25/h2-8,11-15,18H,9-10,16-17,19-22H2,1H3/b11-8+. The lowest BCUT2D eigenvalue weighted by Gasteiger charge is -2.33. The third-order valence-electron chi connectivity index (χ3n) is 5.03. The second-order valence-electron chi connectivity index (χ2n) is 7.71. The molecule has 0 saturated heterocycles. The first-order valence-electron chi connectivity index (χ1n) is 10.5. The fraction of sp³-hybridized carbons (Fsp3) is 0.385. The van der Waals surface area contributed by atoms with Gasteiger partial charge in [0, 0.05) is 11.8 Å². The minimum absolute atomic E-state index is 0.0362. The lowest BCUT2D eigenvalue weighted by Crippen LogP contribution is -2.33. The largest absolute Gasteiger partial charge is 0.376 e. The predicted molar refractivity (Wildman–Crippen MR) is 119 cm³/mol. The van der Waals surface area contributed by atoms with E-state index in [-0.39, 0.29) is 11.2 Å². The molecule has 0 atom stereocenters. The van der Waals surface area contributed by atoms with Crippen LogP contribution in [0.1, 0.15) is 43.7 Å². The summed E-state index contributed by atoms with van der Waals surface area (Å²) in [6, 6.07) is 20.1. The zero-order chi connectivity index (χ0) is 21.5. The highest BCUT2D eigenvalue weighted by atomic mass is 16.5. The highest BCUT2D eigenvalue weighted by molar-refractivity contribution is 5.87. The molecule has 0 bridgehead atoms. The maximum absolute atomic E-state index is 11.2. The van der Waals surface area contributed by atoms with E-state index in [4.69, 9.17) is 9.47 Å². The van der Waals surface area contributed by atoms with Gasteiger partial charge in [0.25, 0.3) is 0 Å².